The molecule has 0 fully saturated rings. The minimum Gasteiger partial charge on any atom is -0.270 e. The van der Waals surface area contributed by atoms with Gasteiger partial charge in [0.1, 0.15) is 0 Å². The van der Waals surface area contributed by atoms with Crippen molar-refractivity contribution in [1.82, 2.24) is 0 Å². The molecule has 25 heavy (non-hydrogen) atoms. The molecule has 0 heterocycles. The van der Waals surface area contributed by atoms with Crippen LogP contribution in [0.15, 0.2) is 24.8 Å². The van der Waals surface area contributed by atoms with Crippen molar-refractivity contribution < 1.29 is 12.6 Å². The zero-order valence-corrected chi connectivity index (χ0v) is 17.2. The summed E-state index contributed by atoms with van der Waals surface area (Å²) in [6.07, 6.45) is 23.5. The highest BCUT2D eigenvalue weighted by molar-refractivity contribution is 7.86. The standard InChI is InChI=1S/C21H40O3S/c1-3-5-6-7-8-9-10-11-12-13-14-15-16-17-18-19-20-24-25(22,23)21-4-2/h4,11-12H,2-3,5-10,13-21H2,1H3/b12-11-. The molecule has 0 amide bonds. The Kier molecular flexibility index (Phi) is 17.7. The first-order valence-corrected chi connectivity index (χ1v) is 11.8. The molecule has 0 N–H and O–H groups in total. The van der Waals surface area contributed by atoms with Crippen molar-refractivity contribution in [3.8, 4) is 0 Å². The first-order chi connectivity index (χ1) is 12.1. The van der Waals surface area contributed by atoms with Crippen LogP contribution in [0, 0.1) is 0 Å². The first kappa shape index (κ1) is 24.4. The van der Waals surface area contributed by atoms with Crippen LogP contribution in [0.5, 0.6) is 0 Å². The van der Waals surface area contributed by atoms with Gasteiger partial charge in [0, 0.05) is 0 Å². The number of hydrogen-bond acceptors (Lipinski definition) is 3. The third kappa shape index (κ3) is 19.6. The predicted molar refractivity (Wildman–Crippen MR) is 109 cm³/mol. The molecule has 148 valence electrons. The average molecular weight is 373 g/mol. The minimum atomic E-state index is -3.38. The summed E-state index contributed by atoms with van der Waals surface area (Å²) in [5.74, 6) is -0.0978. The van der Waals surface area contributed by atoms with Gasteiger partial charge in [-0.15, -0.1) is 6.58 Å². The smallest absolute Gasteiger partial charge is 0.270 e. The Morgan fingerprint density at radius 2 is 1.24 bits per heavy atom. The molecule has 0 atom stereocenters. The van der Waals surface area contributed by atoms with Crippen LogP contribution in [-0.4, -0.2) is 20.8 Å². The van der Waals surface area contributed by atoms with Gasteiger partial charge in [-0.05, 0) is 32.1 Å². The van der Waals surface area contributed by atoms with Gasteiger partial charge in [-0.25, -0.2) is 0 Å². The van der Waals surface area contributed by atoms with E-state index in [2.05, 4.69) is 25.7 Å². The third-order valence-corrected chi connectivity index (χ3v) is 5.41. The molecule has 0 spiro atoms. The summed E-state index contributed by atoms with van der Waals surface area (Å²) in [6, 6.07) is 0. The van der Waals surface area contributed by atoms with Crippen LogP contribution in [0.1, 0.15) is 96.8 Å². The Morgan fingerprint density at radius 3 is 1.76 bits per heavy atom. The minimum absolute atomic E-state index is 0.0978. The van der Waals surface area contributed by atoms with Crippen LogP contribution < -0.4 is 0 Å². The SMILES string of the molecule is C=CCS(=O)(=O)OCCCCCCCC/C=C\CCCCCCCC. The number of rotatable bonds is 19. The van der Waals surface area contributed by atoms with Crippen LogP contribution in [0.3, 0.4) is 0 Å². The highest BCUT2D eigenvalue weighted by atomic mass is 32.2. The second-order valence-electron chi connectivity index (χ2n) is 6.77. The molecule has 0 bridgehead atoms. The van der Waals surface area contributed by atoms with Gasteiger partial charge in [0.05, 0.1) is 12.4 Å². The van der Waals surface area contributed by atoms with Crippen molar-refractivity contribution in [2.45, 2.75) is 96.8 Å². The molecule has 0 radical (unpaired) electrons. The van der Waals surface area contributed by atoms with Gasteiger partial charge in [-0.1, -0.05) is 82.9 Å². The van der Waals surface area contributed by atoms with E-state index in [1.165, 1.54) is 76.7 Å². The molecular formula is C21H40O3S. The fourth-order valence-corrected chi connectivity index (χ4v) is 3.48. The molecule has 0 rings (SSSR count). The van der Waals surface area contributed by atoms with Crippen molar-refractivity contribution in [3.63, 3.8) is 0 Å². The van der Waals surface area contributed by atoms with Crippen LogP contribution in [0.4, 0.5) is 0 Å². The van der Waals surface area contributed by atoms with Crippen LogP contribution in [0.2, 0.25) is 0 Å². The maximum Gasteiger partial charge on any atom is 0.270 e. The molecule has 0 aliphatic rings. The predicted octanol–water partition coefficient (Wildman–Crippen LogP) is 6.56. The number of allylic oxidation sites excluding steroid dienone is 2. The zero-order chi connectivity index (χ0) is 18.6. The first-order valence-electron chi connectivity index (χ1n) is 10.3. The summed E-state index contributed by atoms with van der Waals surface area (Å²) < 4.78 is 27.5. The molecule has 0 aromatic rings. The topological polar surface area (TPSA) is 43.4 Å². The quantitative estimate of drug-likeness (QED) is 0.146. The molecule has 0 aromatic heterocycles. The monoisotopic (exact) mass is 372 g/mol. The van der Waals surface area contributed by atoms with Crippen LogP contribution >= 0.6 is 0 Å². The van der Waals surface area contributed by atoms with E-state index in [9.17, 15) is 8.42 Å². The van der Waals surface area contributed by atoms with Crippen molar-refractivity contribution in [3.05, 3.63) is 24.8 Å². The molecule has 0 aliphatic carbocycles. The second kappa shape index (κ2) is 18.2. The lowest BCUT2D eigenvalue weighted by atomic mass is 10.1. The summed E-state index contributed by atoms with van der Waals surface area (Å²) in [5, 5.41) is 0. The van der Waals surface area contributed by atoms with E-state index in [-0.39, 0.29) is 5.75 Å². The van der Waals surface area contributed by atoms with Crippen molar-refractivity contribution >= 4 is 10.1 Å². The van der Waals surface area contributed by atoms with E-state index in [1.54, 1.807) is 0 Å². The molecule has 0 saturated heterocycles. The van der Waals surface area contributed by atoms with Gasteiger partial charge >= 0.3 is 0 Å². The zero-order valence-electron chi connectivity index (χ0n) is 16.4. The summed E-state index contributed by atoms with van der Waals surface area (Å²) in [4.78, 5) is 0. The third-order valence-electron chi connectivity index (χ3n) is 4.24. The van der Waals surface area contributed by atoms with E-state index >= 15 is 0 Å². The summed E-state index contributed by atoms with van der Waals surface area (Å²) >= 11 is 0. The van der Waals surface area contributed by atoms with Crippen molar-refractivity contribution in [2.75, 3.05) is 12.4 Å². The van der Waals surface area contributed by atoms with E-state index in [0.29, 0.717) is 6.61 Å². The van der Waals surface area contributed by atoms with E-state index in [1.807, 2.05) is 0 Å². The van der Waals surface area contributed by atoms with Gasteiger partial charge in [0.15, 0.2) is 0 Å². The highest BCUT2D eigenvalue weighted by Crippen LogP contribution is 2.10. The number of hydrogen-bond donors (Lipinski definition) is 0. The largest absolute Gasteiger partial charge is 0.270 e. The Morgan fingerprint density at radius 1 is 0.760 bits per heavy atom. The number of unbranched alkanes of at least 4 members (excludes halogenated alkanes) is 12. The van der Waals surface area contributed by atoms with E-state index in [4.69, 9.17) is 4.18 Å². The lowest BCUT2D eigenvalue weighted by Gasteiger charge is -2.03. The normalized spacial score (nSPS) is 12.0. The van der Waals surface area contributed by atoms with E-state index in [0.717, 1.165) is 19.3 Å². The fourth-order valence-electron chi connectivity index (χ4n) is 2.73. The maximum absolute atomic E-state index is 11.3. The Hall–Kier alpha value is -0.610. The van der Waals surface area contributed by atoms with Crippen molar-refractivity contribution in [1.29, 1.82) is 0 Å². The molecular weight excluding hydrogens is 332 g/mol. The Labute approximate surface area is 157 Å². The van der Waals surface area contributed by atoms with Crippen molar-refractivity contribution in [2.24, 2.45) is 0 Å². The van der Waals surface area contributed by atoms with Gasteiger partial charge in [-0.3, -0.25) is 4.18 Å². The fraction of sp³-hybridized carbons (Fsp3) is 0.810. The Bertz CT molecular complexity index is 413. The maximum atomic E-state index is 11.3. The molecule has 0 aromatic carbocycles. The second-order valence-corrected chi connectivity index (χ2v) is 8.46. The average Bonchev–Trinajstić information content (AvgIpc) is 2.57. The van der Waals surface area contributed by atoms with Crippen LogP contribution in [-0.2, 0) is 14.3 Å². The lowest BCUT2D eigenvalue weighted by Crippen LogP contribution is -2.09. The lowest BCUT2D eigenvalue weighted by molar-refractivity contribution is 0.308. The van der Waals surface area contributed by atoms with Crippen LogP contribution in [0.25, 0.3) is 0 Å². The van der Waals surface area contributed by atoms with Gasteiger partial charge in [0.2, 0.25) is 0 Å². The van der Waals surface area contributed by atoms with Gasteiger partial charge in [-0.2, -0.15) is 8.42 Å². The molecule has 0 unspecified atom stereocenters. The van der Waals surface area contributed by atoms with E-state index < -0.39 is 10.1 Å². The summed E-state index contributed by atoms with van der Waals surface area (Å²) in [6.45, 7) is 5.97. The van der Waals surface area contributed by atoms with Gasteiger partial charge in [0.25, 0.3) is 10.1 Å². The molecule has 0 aliphatic heterocycles. The summed E-state index contributed by atoms with van der Waals surface area (Å²) in [5.41, 5.74) is 0. The highest BCUT2D eigenvalue weighted by Gasteiger charge is 2.07. The molecule has 4 heteroatoms. The Balaban J connectivity index is 3.23. The van der Waals surface area contributed by atoms with Gasteiger partial charge < -0.3 is 0 Å². The molecule has 0 saturated carbocycles. The molecule has 3 nitrogen and oxygen atoms in total. The summed E-state index contributed by atoms with van der Waals surface area (Å²) in [7, 11) is -3.38.